The molecule has 0 radical (unpaired) electrons. The number of phenols is 2. The van der Waals surface area contributed by atoms with Gasteiger partial charge in [0.15, 0.2) is 11.2 Å². The molecule has 16 nitrogen and oxygen atoms in total. The number of ketones is 1. The van der Waals surface area contributed by atoms with Gasteiger partial charge >= 0.3 is 17.9 Å². The minimum Gasteiger partial charge on any atom is -0.508 e. The predicted octanol–water partition coefficient (Wildman–Crippen LogP) is 19.1. The lowest BCUT2D eigenvalue weighted by Crippen LogP contribution is -2.76. The molecule has 2 spiro atoms. The average Bonchev–Trinajstić information content (AvgIpc) is 0.675. The van der Waals surface area contributed by atoms with E-state index in [1.807, 2.05) is 61.7 Å². The molecule has 564 valence electrons. The number of methoxy groups -OCH3 is 4. The molecule has 8 aromatic rings. The summed E-state index contributed by atoms with van der Waals surface area (Å²) in [6, 6.07) is 46.1. The molecule has 0 amide bonds. The predicted molar refractivity (Wildman–Crippen MR) is 407 cm³/mol. The maximum Gasteiger partial charge on any atom is 0.337 e. The van der Waals surface area contributed by atoms with Gasteiger partial charge in [-0.2, -0.15) is 9.78 Å². The number of aromatic hydroxyl groups is 2. The van der Waals surface area contributed by atoms with Crippen LogP contribution in [-0.4, -0.2) is 73.5 Å². The second-order valence-corrected chi connectivity index (χ2v) is 34.8. The zero-order valence-corrected chi connectivity index (χ0v) is 62.8. The van der Waals surface area contributed by atoms with Crippen molar-refractivity contribution in [2.45, 2.75) is 165 Å². The van der Waals surface area contributed by atoms with Crippen LogP contribution < -0.4 is 9.47 Å². The number of allylic oxidation sites excluding steroid dienone is 1. The lowest BCUT2D eigenvalue weighted by molar-refractivity contribution is -0.645. The van der Waals surface area contributed by atoms with Crippen molar-refractivity contribution >= 4 is 72.5 Å². The van der Waals surface area contributed by atoms with Crippen LogP contribution in [0.3, 0.4) is 0 Å². The lowest BCUT2D eigenvalue weighted by atomic mass is 9.47. The van der Waals surface area contributed by atoms with Gasteiger partial charge in [-0.25, -0.2) is 14.6 Å². The standard InChI is InChI=1S/C24H26O5.C24H26O3.C22H24O4.C12H10O3.C10H14O/c1-14(25)27-22-6-4-17-12-19(5-3-18(17)13-22)24(26-2)23(28-29-24)20-8-15-7-16(10-20)11-21(23)9-15;1-14(25)27-22-6-5-17-12-19(4-3-18(17)13-22)24(26-2)23-20-8-15-7-16(10-20)11-21(23)9-15;1-24-22(17-4-2-16-12-20(23)5-3-15(16)11-17)21(25-26-22)18-7-13-6-14(9-18)10-19(21)8-13;1-15-12(14)10-3-2-9-7-11(13)5-4-8(9)6-10;11-10-8-2-6-1-7(4-8)5-9(10)3-6/h3-6,12-13,15-16,20-21H,7-11H2,1-2H3;3-6,12-13,15-16,20-21H,7-11H2,1-2H3;2-5,11-14,18-19,23H,6-10H2,1H3;2-7,13H,1H3;6-9H,1-5H2. The van der Waals surface area contributed by atoms with Gasteiger partial charge in [0.2, 0.25) is 0 Å². The fourth-order valence-electron chi connectivity index (χ4n) is 25.0. The number of ether oxygens (including phenoxy) is 6. The third-order valence-electron chi connectivity index (χ3n) is 28.6. The van der Waals surface area contributed by atoms with Crippen molar-refractivity contribution in [2.24, 2.45) is 94.7 Å². The Morgan fingerprint density at radius 2 is 0.676 bits per heavy atom. The smallest absolute Gasteiger partial charge is 0.337 e. The molecule has 16 aliphatic carbocycles. The minimum atomic E-state index is -0.849. The largest absolute Gasteiger partial charge is 0.508 e. The summed E-state index contributed by atoms with van der Waals surface area (Å²) in [6.07, 6.45) is 25.9. The number of esters is 3. The molecular weight excluding hydrogens is 1360 g/mol. The Labute approximate surface area is 631 Å². The first kappa shape index (κ1) is 71.4. The van der Waals surface area contributed by atoms with Crippen molar-refractivity contribution in [1.29, 1.82) is 0 Å². The molecule has 26 rings (SSSR count). The molecule has 2 saturated heterocycles. The van der Waals surface area contributed by atoms with E-state index in [0.29, 0.717) is 58.4 Å². The first-order chi connectivity index (χ1) is 52.3. The summed E-state index contributed by atoms with van der Waals surface area (Å²) in [5.74, 6) is 12.4. The topological polar surface area (TPSA) is 201 Å². The van der Waals surface area contributed by atoms with Crippen LogP contribution in [0, 0.1) is 94.7 Å². The van der Waals surface area contributed by atoms with E-state index in [0.717, 1.165) is 119 Å². The Morgan fingerprint density at radius 1 is 0.352 bits per heavy atom. The van der Waals surface area contributed by atoms with Crippen molar-refractivity contribution in [3.8, 4) is 23.0 Å². The van der Waals surface area contributed by atoms with Gasteiger partial charge in [0.25, 0.3) is 11.6 Å². The van der Waals surface area contributed by atoms with Crippen molar-refractivity contribution < 1.29 is 77.4 Å². The van der Waals surface area contributed by atoms with E-state index in [2.05, 4.69) is 47.2 Å². The normalized spacial score (nSPS) is 35.0. The summed E-state index contributed by atoms with van der Waals surface area (Å²) >= 11 is 0. The van der Waals surface area contributed by atoms with Gasteiger partial charge < -0.3 is 38.6 Å². The first-order valence-corrected chi connectivity index (χ1v) is 40.0. The number of carbonyl (C=O) groups excluding carboxylic acids is 4. The number of benzene rings is 8. The molecule has 16 bridgehead atoms. The summed E-state index contributed by atoms with van der Waals surface area (Å²) in [7, 11) is 6.66. The van der Waals surface area contributed by atoms with E-state index in [1.54, 1.807) is 68.3 Å². The highest BCUT2D eigenvalue weighted by Crippen LogP contribution is 2.71. The number of hydrogen-bond acceptors (Lipinski definition) is 16. The van der Waals surface area contributed by atoms with Crippen LogP contribution in [0.25, 0.3) is 48.8 Å². The number of Topliss-reactive ketones (excluding diaryl/α,β-unsaturated/α-hetero) is 1. The molecular formula is C92H100O16. The molecule has 0 aromatic heterocycles. The molecule has 18 fully saturated rings. The fourth-order valence-corrected chi connectivity index (χ4v) is 25.0. The maximum atomic E-state index is 11.6. The van der Waals surface area contributed by atoms with Crippen molar-refractivity contribution in [3.05, 3.63) is 173 Å². The summed E-state index contributed by atoms with van der Waals surface area (Å²) in [5.41, 5.74) is 4.58. The van der Waals surface area contributed by atoms with Gasteiger partial charge in [-0.1, -0.05) is 66.7 Å². The van der Waals surface area contributed by atoms with Crippen LogP contribution in [0.2, 0.25) is 0 Å². The molecule has 2 aliphatic heterocycles. The minimum absolute atomic E-state index is 0.216. The summed E-state index contributed by atoms with van der Waals surface area (Å²) in [6.45, 7) is 2.84. The first-order valence-electron chi connectivity index (χ1n) is 40.0. The monoisotopic (exact) mass is 1460 g/mol. The van der Waals surface area contributed by atoms with E-state index >= 15 is 0 Å². The molecule has 2 unspecified atom stereocenters. The fraction of sp³-hybridized carbons (Fsp3) is 0.500. The number of hydrogen-bond donors (Lipinski definition) is 2. The van der Waals surface area contributed by atoms with Crippen LogP contribution in [0.15, 0.2) is 151 Å². The Balaban J connectivity index is 0.0000000985. The van der Waals surface area contributed by atoms with Crippen LogP contribution in [-0.2, 0) is 64.5 Å². The number of carbonyl (C=O) groups is 4. The third-order valence-corrected chi connectivity index (χ3v) is 28.6. The lowest BCUT2D eigenvalue weighted by Gasteiger charge is -2.68. The molecule has 16 heteroatoms. The number of phenolic OH excluding ortho intramolecular Hbond substituents is 2. The molecule has 8 aromatic carbocycles. The van der Waals surface area contributed by atoms with Crippen LogP contribution in [0.4, 0.5) is 0 Å². The summed E-state index contributed by atoms with van der Waals surface area (Å²) < 4.78 is 33.3. The molecule has 2 atom stereocenters. The zero-order valence-electron chi connectivity index (χ0n) is 62.8. The van der Waals surface area contributed by atoms with E-state index in [-0.39, 0.29) is 40.6 Å². The van der Waals surface area contributed by atoms with Gasteiger partial charge in [-0.05, 0) is 339 Å². The Morgan fingerprint density at radius 3 is 1.04 bits per heavy atom. The Bertz CT molecular complexity index is 4770. The van der Waals surface area contributed by atoms with E-state index in [1.165, 1.54) is 155 Å². The van der Waals surface area contributed by atoms with Gasteiger partial charge in [0.1, 0.15) is 34.5 Å². The van der Waals surface area contributed by atoms with E-state index in [4.69, 9.17) is 43.2 Å². The van der Waals surface area contributed by atoms with Gasteiger partial charge in [-0.15, -0.1) is 0 Å². The van der Waals surface area contributed by atoms with Crippen LogP contribution in [0.1, 0.15) is 169 Å². The molecule has 18 aliphatic rings. The highest BCUT2D eigenvalue weighted by Gasteiger charge is 2.78. The van der Waals surface area contributed by atoms with Crippen molar-refractivity contribution in [2.75, 3.05) is 28.4 Å². The quantitative estimate of drug-likeness (QED) is 0.0597. The van der Waals surface area contributed by atoms with Crippen molar-refractivity contribution in [1.82, 2.24) is 0 Å². The van der Waals surface area contributed by atoms with Gasteiger partial charge in [0.05, 0.1) is 19.8 Å². The number of fused-ring (bicyclic) bond motifs is 4. The SMILES string of the molecule is COC(=C1C2CC3CC(C2)CC1C3)c1ccc2cc(OC(C)=O)ccc2c1.COC(=O)c1ccc2cc(O)ccc2c1.COC1(c2ccc3cc(O)ccc3c2)OOC12C1CC3CC(C1)CC2C3.COC1(c2ccc3cc(OC(C)=O)ccc3c2)OOC12C1CC3CC(C1)CC2C3.O=C1C2CC3CC(C2)CC1C3. The molecule has 2 N–H and O–H groups in total. The van der Waals surface area contributed by atoms with Crippen LogP contribution in [0.5, 0.6) is 23.0 Å². The highest BCUT2D eigenvalue weighted by molar-refractivity contribution is 5.96. The summed E-state index contributed by atoms with van der Waals surface area (Å²) in [5, 5.41) is 27.2. The highest BCUT2D eigenvalue weighted by atomic mass is 17.3. The van der Waals surface area contributed by atoms with Gasteiger partial charge in [0, 0.05) is 56.6 Å². The maximum absolute atomic E-state index is 11.6. The Hall–Kier alpha value is -8.22. The van der Waals surface area contributed by atoms with Gasteiger partial charge in [-0.3, -0.25) is 14.4 Å². The van der Waals surface area contributed by atoms with E-state index < -0.39 is 11.6 Å². The number of rotatable bonds is 9. The summed E-state index contributed by atoms with van der Waals surface area (Å²) in [4.78, 5) is 69.0. The van der Waals surface area contributed by atoms with Crippen LogP contribution >= 0.6 is 0 Å². The second kappa shape index (κ2) is 28.0. The zero-order chi connectivity index (χ0) is 74.1. The van der Waals surface area contributed by atoms with E-state index in [9.17, 15) is 29.4 Å². The molecule has 108 heavy (non-hydrogen) atoms. The van der Waals surface area contributed by atoms with Crippen molar-refractivity contribution in [3.63, 3.8) is 0 Å². The third kappa shape index (κ3) is 12.2. The average molecular weight is 1460 g/mol. The molecule has 16 saturated carbocycles. The Kier molecular flexibility index (Phi) is 18.5. The molecule has 2 heterocycles. The second-order valence-electron chi connectivity index (χ2n) is 34.8.